The molecule has 2 rings (SSSR count). The third kappa shape index (κ3) is 3.12. The fourth-order valence-corrected chi connectivity index (χ4v) is 7.05. The Labute approximate surface area is 125 Å². The number of hydrogen-bond acceptors (Lipinski definition) is 4. The van der Waals surface area contributed by atoms with Crippen molar-refractivity contribution in [2.45, 2.75) is 42.4 Å². The summed E-state index contributed by atoms with van der Waals surface area (Å²) in [5.74, 6) is 0. The zero-order valence-corrected chi connectivity index (χ0v) is 14.3. The number of aryl methyl sites for hydroxylation is 1. The van der Waals surface area contributed by atoms with Crippen LogP contribution in [0.15, 0.2) is 14.7 Å². The van der Waals surface area contributed by atoms with Crippen molar-refractivity contribution in [2.75, 3.05) is 6.26 Å². The molecule has 1 aliphatic rings. The van der Waals surface area contributed by atoms with Crippen LogP contribution in [0.3, 0.4) is 0 Å². The molecule has 2 atom stereocenters. The average Bonchev–Trinajstić information content (AvgIpc) is 2.84. The molecule has 1 aliphatic carbocycles. The van der Waals surface area contributed by atoms with E-state index in [9.17, 15) is 8.42 Å². The van der Waals surface area contributed by atoms with E-state index in [-0.39, 0.29) is 6.04 Å². The third-order valence-corrected chi connectivity index (χ3v) is 7.66. The van der Waals surface area contributed by atoms with Gasteiger partial charge in [0.1, 0.15) is 0 Å². The summed E-state index contributed by atoms with van der Waals surface area (Å²) in [5.41, 5.74) is 0. The van der Waals surface area contributed by atoms with Crippen LogP contribution in [0.5, 0.6) is 0 Å². The molecule has 0 bridgehead atoms. The summed E-state index contributed by atoms with van der Waals surface area (Å²) in [5, 5.41) is 0.405. The van der Waals surface area contributed by atoms with Gasteiger partial charge in [-0.25, -0.2) is 13.1 Å². The highest BCUT2D eigenvalue weighted by Gasteiger charge is 2.31. The van der Waals surface area contributed by atoms with E-state index in [2.05, 4.69) is 20.7 Å². The van der Waals surface area contributed by atoms with Gasteiger partial charge in [0.05, 0.1) is 8.68 Å². The Morgan fingerprint density at radius 1 is 1.50 bits per heavy atom. The van der Waals surface area contributed by atoms with Gasteiger partial charge in [0.25, 0.3) is 0 Å². The molecule has 0 aliphatic heterocycles. The maximum absolute atomic E-state index is 12.3. The molecular weight excluding hydrogens is 354 g/mol. The van der Waals surface area contributed by atoms with E-state index < -0.39 is 10.0 Å². The van der Waals surface area contributed by atoms with Crippen LogP contribution >= 0.6 is 39.0 Å². The Balaban J connectivity index is 2.19. The van der Waals surface area contributed by atoms with Crippen molar-refractivity contribution in [1.82, 2.24) is 4.72 Å². The first-order chi connectivity index (χ1) is 8.44. The van der Waals surface area contributed by atoms with Crippen LogP contribution in [0.2, 0.25) is 0 Å². The molecule has 1 fully saturated rings. The van der Waals surface area contributed by atoms with E-state index >= 15 is 0 Å². The standard InChI is InChI=1S/C11H16BrNO2S3/c1-7-10(6-11(12)17-7)18(14,15)13-8-4-3-5-9(8)16-2/h6,8-9,13H,3-5H2,1-2H3. The number of thiophene rings is 1. The van der Waals surface area contributed by atoms with E-state index in [0.717, 1.165) is 27.9 Å². The van der Waals surface area contributed by atoms with Crippen LogP contribution in [0.1, 0.15) is 24.1 Å². The molecule has 1 heterocycles. The summed E-state index contributed by atoms with van der Waals surface area (Å²) >= 11 is 6.54. The zero-order valence-electron chi connectivity index (χ0n) is 10.3. The van der Waals surface area contributed by atoms with E-state index in [4.69, 9.17) is 0 Å². The first kappa shape index (κ1) is 14.8. The molecule has 0 aromatic carbocycles. The molecule has 0 amide bonds. The van der Waals surface area contributed by atoms with Crippen molar-refractivity contribution >= 4 is 49.1 Å². The Hall–Kier alpha value is 0.440. The van der Waals surface area contributed by atoms with Gasteiger partial charge in [0, 0.05) is 16.2 Å². The Morgan fingerprint density at radius 3 is 2.78 bits per heavy atom. The maximum atomic E-state index is 12.3. The van der Waals surface area contributed by atoms with Gasteiger partial charge in [-0.3, -0.25) is 0 Å². The van der Waals surface area contributed by atoms with E-state index in [1.807, 2.05) is 13.2 Å². The highest BCUT2D eigenvalue weighted by molar-refractivity contribution is 9.11. The fraction of sp³-hybridized carbons (Fsp3) is 0.636. The Morgan fingerprint density at radius 2 is 2.22 bits per heavy atom. The van der Waals surface area contributed by atoms with Gasteiger partial charge in [0.2, 0.25) is 10.0 Å². The number of thioether (sulfide) groups is 1. The number of nitrogens with one attached hydrogen (secondary N) is 1. The van der Waals surface area contributed by atoms with Crippen LogP contribution in [-0.4, -0.2) is 26.0 Å². The van der Waals surface area contributed by atoms with Gasteiger partial charge in [-0.1, -0.05) is 6.42 Å². The lowest BCUT2D eigenvalue weighted by Crippen LogP contribution is -2.38. The van der Waals surface area contributed by atoms with Crippen molar-refractivity contribution in [1.29, 1.82) is 0 Å². The predicted octanol–water partition coefficient (Wildman–Crippen LogP) is 3.38. The molecule has 7 heteroatoms. The molecular formula is C11H16BrNO2S3. The lowest BCUT2D eigenvalue weighted by atomic mass is 10.3. The highest BCUT2D eigenvalue weighted by atomic mass is 79.9. The number of rotatable bonds is 4. The normalized spacial score (nSPS) is 24.6. The van der Waals surface area contributed by atoms with E-state index in [1.165, 1.54) is 11.3 Å². The Bertz CT molecular complexity index is 526. The fourth-order valence-electron chi connectivity index (χ4n) is 2.30. The zero-order chi connectivity index (χ0) is 13.3. The van der Waals surface area contributed by atoms with Crippen molar-refractivity contribution in [3.8, 4) is 0 Å². The molecule has 3 nitrogen and oxygen atoms in total. The summed E-state index contributed by atoms with van der Waals surface area (Å²) in [6.45, 7) is 1.84. The molecule has 1 saturated carbocycles. The van der Waals surface area contributed by atoms with Crippen molar-refractivity contribution in [3.63, 3.8) is 0 Å². The summed E-state index contributed by atoms with van der Waals surface area (Å²) in [6, 6.07) is 1.76. The van der Waals surface area contributed by atoms with Gasteiger partial charge in [-0.05, 0) is 48.0 Å². The minimum absolute atomic E-state index is 0.0723. The molecule has 0 radical (unpaired) electrons. The molecule has 1 aromatic rings. The molecule has 0 saturated heterocycles. The Kier molecular flexibility index (Phi) is 4.80. The number of halogens is 1. The SMILES string of the molecule is CSC1CCCC1NS(=O)(=O)c1cc(Br)sc1C. The topological polar surface area (TPSA) is 46.2 Å². The lowest BCUT2D eigenvalue weighted by Gasteiger charge is -2.19. The van der Waals surface area contributed by atoms with Crippen LogP contribution in [-0.2, 0) is 10.0 Å². The number of hydrogen-bond donors (Lipinski definition) is 1. The first-order valence-corrected chi connectivity index (χ1v) is 10.1. The van der Waals surface area contributed by atoms with Gasteiger partial charge < -0.3 is 0 Å². The van der Waals surface area contributed by atoms with Crippen LogP contribution in [0.25, 0.3) is 0 Å². The van der Waals surface area contributed by atoms with Crippen LogP contribution < -0.4 is 4.72 Å². The summed E-state index contributed by atoms with van der Waals surface area (Å²) in [7, 11) is -3.38. The minimum Gasteiger partial charge on any atom is -0.207 e. The van der Waals surface area contributed by atoms with Gasteiger partial charge in [-0.2, -0.15) is 11.8 Å². The molecule has 0 spiro atoms. The largest absolute Gasteiger partial charge is 0.241 e. The van der Waals surface area contributed by atoms with E-state index in [1.54, 1.807) is 17.8 Å². The minimum atomic E-state index is -3.38. The predicted molar refractivity (Wildman–Crippen MR) is 82.0 cm³/mol. The van der Waals surface area contributed by atoms with Crippen LogP contribution in [0, 0.1) is 6.92 Å². The van der Waals surface area contributed by atoms with Crippen molar-refractivity contribution in [2.24, 2.45) is 0 Å². The summed E-state index contributed by atoms with van der Waals surface area (Å²) in [4.78, 5) is 1.24. The molecule has 1 aromatic heterocycles. The third-order valence-electron chi connectivity index (χ3n) is 3.19. The molecule has 1 N–H and O–H groups in total. The van der Waals surface area contributed by atoms with Crippen molar-refractivity contribution in [3.05, 3.63) is 14.7 Å². The van der Waals surface area contributed by atoms with Gasteiger partial charge in [-0.15, -0.1) is 11.3 Å². The second-order valence-corrected chi connectivity index (χ2v) is 9.80. The smallest absolute Gasteiger partial charge is 0.207 e. The summed E-state index contributed by atoms with van der Waals surface area (Å²) in [6.07, 6.45) is 5.18. The molecule has 18 heavy (non-hydrogen) atoms. The van der Waals surface area contributed by atoms with Gasteiger partial charge >= 0.3 is 0 Å². The van der Waals surface area contributed by atoms with Crippen molar-refractivity contribution < 1.29 is 8.42 Å². The first-order valence-electron chi connectivity index (χ1n) is 5.75. The van der Waals surface area contributed by atoms with E-state index in [0.29, 0.717) is 10.1 Å². The number of sulfonamides is 1. The second kappa shape index (κ2) is 5.83. The summed E-state index contributed by atoms with van der Waals surface area (Å²) < 4.78 is 28.4. The highest BCUT2D eigenvalue weighted by Crippen LogP contribution is 2.32. The average molecular weight is 370 g/mol. The van der Waals surface area contributed by atoms with Crippen LogP contribution in [0.4, 0.5) is 0 Å². The van der Waals surface area contributed by atoms with Gasteiger partial charge in [0.15, 0.2) is 0 Å². The monoisotopic (exact) mass is 369 g/mol. The lowest BCUT2D eigenvalue weighted by molar-refractivity contribution is 0.555. The second-order valence-electron chi connectivity index (χ2n) is 4.40. The maximum Gasteiger partial charge on any atom is 0.241 e. The molecule has 102 valence electrons. The molecule has 2 unspecified atom stereocenters. The quantitative estimate of drug-likeness (QED) is 0.884.